The van der Waals surface area contributed by atoms with Gasteiger partial charge in [0.25, 0.3) is 0 Å². The highest BCUT2D eigenvalue weighted by Crippen LogP contribution is 2.43. The van der Waals surface area contributed by atoms with Crippen LogP contribution in [0.25, 0.3) is 0 Å². The Balaban J connectivity index is 2.25. The van der Waals surface area contributed by atoms with E-state index in [0.717, 1.165) is 18.9 Å². The molecule has 0 aromatic carbocycles. The lowest BCUT2D eigenvalue weighted by Gasteiger charge is -2.41. The van der Waals surface area contributed by atoms with Crippen LogP contribution >= 0.6 is 11.6 Å². The third-order valence-electron chi connectivity index (χ3n) is 4.59. The van der Waals surface area contributed by atoms with Gasteiger partial charge in [0.2, 0.25) is 0 Å². The van der Waals surface area contributed by atoms with Crippen LogP contribution in [0.15, 0.2) is 12.4 Å². The van der Waals surface area contributed by atoms with Gasteiger partial charge in [-0.1, -0.05) is 27.2 Å². The number of hydrogen-bond acceptors (Lipinski definition) is 1. The van der Waals surface area contributed by atoms with Crippen LogP contribution in [0.5, 0.6) is 0 Å². The van der Waals surface area contributed by atoms with E-state index in [0.29, 0.717) is 5.92 Å². The molecule has 1 aromatic rings. The van der Waals surface area contributed by atoms with Gasteiger partial charge in [0, 0.05) is 29.7 Å². The van der Waals surface area contributed by atoms with Crippen molar-refractivity contribution in [3.05, 3.63) is 18.2 Å². The number of nitrogens with zero attached hydrogens (tertiary/aromatic N) is 2. The van der Waals surface area contributed by atoms with Gasteiger partial charge in [-0.2, -0.15) is 0 Å². The minimum absolute atomic E-state index is 0.0616. The molecule has 2 rings (SSSR count). The monoisotopic (exact) mass is 268 g/mol. The van der Waals surface area contributed by atoms with Crippen molar-refractivity contribution in [3.63, 3.8) is 0 Å². The van der Waals surface area contributed by atoms with Crippen molar-refractivity contribution >= 4 is 11.6 Å². The number of aryl methyl sites for hydroxylation is 1. The Labute approximate surface area is 116 Å². The van der Waals surface area contributed by atoms with Crippen molar-refractivity contribution < 1.29 is 0 Å². The Morgan fingerprint density at radius 1 is 1.44 bits per heavy atom. The smallest absolute Gasteiger partial charge is 0.114 e. The van der Waals surface area contributed by atoms with Gasteiger partial charge >= 0.3 is 0 Å². The molecule has 18 heavy (non-hydrogen) atoms. The highest BCUT2D eigenvalue weighted by molar-refractivity contribution is 6.20. The average Bonchev–Trinajstić information content (AvgIpc) is 2.76. The van der Waals surface area contributed by atoms with Crippen molar-refractivity contribution in [2.75, 3.05) is 0 Å². The first-order chi connectivity index (χ1) is 8.46. The minimum Gasteiger partial charge on any atom is -0.335 e. The molecule has 3 heteroatoms. The third-order valence-corrected chi connectivity index (χ3v) is 5.08. The van der Waals surface area contributed by atoms with E-state index < -0.39 is 0 Å². The second-order valence-corrected chi connectivity index (χ2v) is 6.86. The zero-order valence-corrected chi connectivity index (χ0v) is 12.7. The molecular weight excluding hydrogens is 244 g/mol. The number of halogens is 1. The van der Waals surface area contributed by atoms with Gasteiger partial charge in [0.05, 0.1) is 0 Å². The number of alkyl halides is 1. The molecule has 0 aliphatic heterocycles. The summed E-state index contributed by atoms with van der Waals surface area (Å²) < 4.78 is 2.25. The summed E-state index contributed by atoms with van der Waals surface area (Å²) in [7, 11) is 0. The summed E-state index contributed by atoms with van der Waals surface area (Å²) in [5.41, 5.74) is 0.0616. The van der Waals surface area contributed by atoms with Crippen molar-refractivity contribution in [1.82, 2.24) is 9.55 Å². The topological polar surface area (TPSA) is 17.8 Å². The SMILES string of the molecule is CCn1ccnc1C(C)(C)C1CCC(C)CC1Cl. The summed E-state index contributed by atoms with van der Waals surface area (Å²) in [6, 6.07) is 0. The Morgan fingerprint density at radius 3 is 2.78 bits per heavy atom. The molecular formula is C15H25ClN2. The van der Waals surface area contributed by atoms with Crippen LogP contribution in [-0.2, 0) is 12.0 Å². The highest BCUT2D eigenvalue weighted by Gasteiger charge is 2.41. The van der Waals surface area contributed by atoms with E-state index >= 15 is 0 Å². The predicted octanol–water partition coefficient (Wildman–Crippen LogP) is 4.22. The van der Waals surface area contributed by atoms with Gasteiger partial charge < -0.3 is 4.57 Å². The average molecular weight is 269 g/mol. The maximum atomic E-state index is 6.64. The van der Waals surface area contributed by atoms with Gasteiger partial charge in [0.15, 0.2) is 0 Å². The van der Waals surface area contributed by atoms with Crippen molar-refractivity contribution in [2.45, 2.75) is 64.3 Å². The second kappa shape index (κ2) is 5.24. The number of rotatable bonds is 3. The van der Waals surface area contributed by atoms with Gasteiger partial charge in [0.1, 0.15) is 5.82 Å². The molecule has 0 bridgehead atoms. The molecule has 1 aliphatic rings. The lowest BCUT2D eigenvalue weighted by molar-refractivity contribution is 0.196. The Hall–Kier alpha value is -0.500. The summed E-state index contributed by atoms with van der Waals surface area (Å²) in [5, 5.41) is 0.283. The van der Waals surface area contributed by atoms with Crippen LogP contribution in [0, 0.1) is 11.8 Å². The molecule has 0 spiro atoms. The van der Waals surface area contributed by atoms with E-state index in [-0.39, 0.29) is 10.8 Å². The minimum atomic E-state index is 0.0616. The lowest BCUT2D eigenvalue weighted by atomic mass is 9.68. The van der Waals surface area contributed by atoms with Crippen LogP contribution in [0.3, 0.4) is 0 Å². The first-order valence-electron chi connectivity index (χ1n) is 7.12. The fraction of sp³-hybridized carbons (Fsp3) is 0.800. The van der Waals surface area contributed by atoms with E-state index in [1.54, 1.807) is 0 Å². The van der Waals surface area contributed by atoms with Gasteiger partial charge in [-0.3, -0.25) is 0 Å². The van der Waals surface area contributed by atoms with Gasteiger partial charge in [-0.05, 0) is 31.6 Å². The van der Waals surface area contributed by atoms with Gasteiger partial charge in [-0.15, -0.1) is 11.6 Å². The molecule has 1 fully saturated rings. The summed E-state index contributed by atoms with van der Waals surface area (Å²) in [6.07, 6.45) is 7.65. The molecule has 3 atom stereocenters. The molecule has 0 radical (unpaired) electrons. The normalized spacial score (nSPS) is 29.5. The van der Waals surface area contributed by atoms with E-state index in [2.05, 4.69) is 43.4 Å². The van der Waals surface area contributed by atoms with Crippen molar-refractivity contribution in [1.29, 1.82) is 0 Å². The van der Waals surface area contributed by atoms with E-state index in [1.807, 2.05) is 6.20 Å². The van der Waals surface area contributed by atoms with E-state index in [1.165, 1.54) is 18.7 Å². The molecule has 1 heterocycles. The first kappa shape index (κ1) is 13.9. The Morgan fingerprint density at radius 2 is 2.17 bits per heavy atom. The fourth-order valence-electron chi connectivity index (χ4n) is 3.41. The molecule has 1 aromatic heterocycles. The quantitative estimate of drug-likeness (QED) is 0.751. The molecule has 0 N–H and O–H groups in total. The van der Waals surface area contributed by atoms with Crippen LogP contribution in [0.2, 0.25) is 0 Å². The molecule has 2 nitrogen and oxygen atoms in total. The zero-order chi connectivity index (χ0) is 13.3. The lowest BCUT2D eigenvalue weighted by Crippen LogP contribution is -2.40. The fourth-order valence-corrected chi connectivity index (χ4v) is 4.16. The Kier molecular flexibility index (Phi) is 4.05. The second-order valence-electron chi connectivity index (χ2n) is 6.30. The maximum absolute atomic E-state index is 6.64. The number of hydrogen-bond donors (Lipinski definition) is 0. The molecule has 0 amide bonds. The summed E-state index contributed by atoms with van der Waals surface area (Å²) in [6.45, 7) is 10.1. The summed E-state index contributed by atoms with van der Waals surface area (Å²) in [4.78, 5) is 4.59. The van der Waals surface area contributed by atoms with Crippen molar-refractivity contribution in [2.24, 2.45) is 11.8 Å². The van der Waals surface area contributed by atoms with Crippen LogP contribution in [0.1, 0.15) is 52.8 Å². The van der Waals surface area contributed by atoms with Crippen LogP contribution in [0.4, 0.5) is 0 Å². The highest BCUT2D eigenvalue weighted by atomic mass is 35.5. The molecule has 102 valence electrons. The largest absolute Gasteiger partial charge is 0.335 e. The van der Waals surface area contributed by atoms with E-state index in [4.69, 9.17) is 11.6 Å². The summed E-state index contributed by atoms with van der Waals surface area (Å²) in [5.74, 6) is 2.49. The van der Waals surface area contributed by atoms with E-state index in [9.17, 15) is 0 Å². The van der Waals surface area contributed by atoms with Crippen LogP contribution < -0.4 is 0 Å². The van der Waals surface area contributed by atoms with Crippen molar-refractivity contribution in [3.8, 4) is 0 Å². The zero-order valence-electron chi connectivity index (χ0n) is 12.0. The molecule has 0 saturated heterocycles. The molecule has 1 saturated carbocycles. The molecule has 1 aliphatic carbocycles. The summed E-state index contributed by atoms with van der Waals surface area (Å²) >= 11 is 6.64. The first-order valence-corrected chi connectivity index (χ1v) is 7.56. The van der Waals surface area contributed by atoms with Gasteiger partial charge in [-0.25, -0.2) is 4.98 Å². The number of imidazole rings is 1. The van der Waals surface area contributed by atoms with Crippen LogP contribution in [-0.4, -0.2) is 14.9 Å². The predicted molar refractivity (Wildman–Crippen MR) is 77.1 cm³/mol. The Bertz CT molecular complexity index is 397. The third kappa shape index (κ3) is 2.45. The standard InChI is InChI=1S/C15H25ClN2/c1-5-18-9-8-17-14(18)15(3,4)12-7-6-11(2)10-13(12)16/h8-9,11-13H,5-7,10H2,1-4H3. The number of aromatic nitrogens is 2. The maximum Gasteiger partial charge on any atom is 0.114 e. The molecule has 3 unspecified atom stereocenters.